The highest BCUT2D eigenvalue weighted by Gasteiger charge is 2.27. The first-order valence-electron chi connectivity index (χ1n) is 5.59. The number of allylic oxidation sites excluding steroid dienone is 1. The lowest BCUT2D eigenvalue weighted by molar-refractivity contribution is 0.0381. The van der Waals surface area contributed by atoms with Crippen LogP contribution in [-0.2, 0) is 4.74 Å². The van der Waals surface area contributed by atoms with Crippen LogP contribution < -0.4 is 0 Å². The molecule has 1 aliphatic rings. The van der Waals surface area contributed by atoms with Crippen LogP contribution >= 0.6 is 0 Å². The molecular formula is C12H20N2O2. The van der Waals surface area contributed by atoms with E-state index in [2.05, 4.69) is 11.6 Å². The molecule has 4 nitrogen and oxygen atoms in total. The van der Waals surface area contributed by atoms with Gasteiger partial charge in [0.2, 0.25) is 0 Å². The summed E-state index contributed by atoms with van der Waals surface area (Å²) in [6.45, 7) is 10.5. The predicted octanol–water partition coefficient (Wildman–Crippen LogP) is 2.60. The van der Waals surface area contributed by atoms with E-state index in [1.54, 1.807) is 4.90 Å². The normalized spacial score (nSPS) is 15.9. The molecule has 1 heterocycles. The fourth-order valence-corrected chi connectivity index (χ4v) is 1.45. The minimum Gasteiger partial charge on any atom is -0.443 e. The topological polar surface area (TPSA) is 41.9 Å². The SMILES string of the molecule is C=CCCC1=NCCN1C(=O)OC(C)(C)C. The highest BCUT2D eigenvalue weighted by atomic mass is 16.6. The van der Waals surface area contributed by atoms with Crippen molar-refractivity contribution in [2.75, 3.05) is 13.1 Å². The smallest absolute Gasteiger partial charge is 0.415 e. The average Bonchev–Trinajstić information content (AvgIpc) is 2.59. The molecule has 90 valence electrons. The van der Waals surface area contributed by atoms with Gasteiger partial charge in [0.05, 0.1) is 13.1 Å². The Morgan fingerprint density at radius 2 is 2.31 bits per heavy atom. The maximum absolute atomic E-state index is 11.8. The Morgan fingerprint density at radius 1 is 1.62 bits per heavy atom. The lowest BCUT2D eigenvalue weighted by Gasteiger charge is -2.25. The van der Waals surface area contributed by atoms with Crippen LogP contribution in [-0.4, -0.2) is 35.5 Å². The van der Waals surface area contributed by atoms with E-state index in [1.807, 2.05) is 26.8 Å². The molecule has 1 rings (SSSR count). The van der Waals surface area contributed by atoms with Gasteiger partial charge in [0.15, 0.2) is 0 Å². The molecule has 0 N–H and O–H groups in total. The summed E-state index contributed by atoms with van der Waals surface area (Å²) >= 11 is 0. The van der Waals surface area contributed by atoms with E-state index in [4.69, 9.17) is 4.74 Å². The van der Waals surface area contributed by atoms with Crippen molar-refractivity contribution in [1.29, 1.82) is 0 Å². The molecule has 0 aliphatic carbocycles. The summed E-state index contributed by atoms with van der Waals surface area (Å²) in [6, 6.07) is 0. The van der Waals surface area contributed by atoms with E-state index in [-0.39, 0.29) is 6.09 Å². The van der Waals surface area contributed by atoms with Crippen molar-refractivity contribution in [2.45, 2.75) is 39.2 Å². The molecule has 4 heteroatoms. The molecule has 0 unspecified atom stereocenters. The number of hydrogen-bond acceptors (Lipinski definition) is 3. The Morgan fingerprint density at radius 3 is 2.88 bits per heavy atom. The van der Waals surface area contributed by atoms with Gasteiger partial charge in [0.1, 0.15) is 11.4 Å². The molecule has 16 heavy (non-hydrogen) atoms. The van der Waals surface area contributed by atoms with E-state index in [1.165, 1.54) is 0 Å². The van der Waals surface area contributed by atoms with Crippen molar-refractivity contribution in [3.8, 4) is 0 Å². The van der Waals surface area contributed by atoms with Gasteiger partial charge >= 0.3 is 6.09 Å². The molecule has 0 fully saturated rings. The van der Waals surface area contributed by atoms with Crippen LogP contribution in [0, 0.1) is 0 Å². The van der Waals surface area contributed by atoms with Crippen molar-refractivity contribution in [1.82, 2.24) is 4.90 Å². The Bertz CT molecular complexity index is 303. The van der Waals surface area contributed by atoms with Gasteiger partial charge < -0.3 is 4.74 Å². The van der Waals surface area contributed by atoms with Crippen LogP contribution in [0.3, 0.4) is 0 Å². The minimum atomic E-state index is -0.455. The monoisotopic (exact) mass is 224 g/mol. The van der Waals surface area contributed by atoms with Crippen LogP contribution in [0.1, 0.15) is 33.6 Å². The molecular weight excluding hydrogens is 204 g/mol. The Balaban J connectivity index is 2.56. The summed E-state index contributed by atoms with van der Waals surface area (Å²) in [4.78, 5) is 17.8. The third-order valence-electron chi connectivity index (χ3n) is 2.12. The first-order chi connectivity index (χ1) is 7.44. The van der Waals surface area contributed by atoms with Gasteiger partial charge in [0.25, 0.3) is 0 Å². The van der Waals surface area contributed by atoms with Gasteiger partial charge in [-0.25, -0.2) is 4.79 Å². The number of hydrogen-bond donors (Lipinski definition) is 0. The van der Waals surface area contributed by atoms with Crippen LogP contribution in [0.25, 0.3) is 0 Å². The molecule has 1 amide bonds. The molecule has 1 aliphatic heterocycles. The van der Waals surface area contributed by atoms with Crippen LogP contribution in [0.15, 0.2) is 17.6 Å². The fraction of sp³-hybridized carbons (Fsp3) is 0.667. The van der Waals surface area contributed by atoms with E-state index < -0.39 is 5.60 Å². The molecule has 0 aromatic rings. The zero-order chi connectivity index (χ0) is 12.2. The third kappa shape index (κ3) is 3.68. The zero-order valence-corrected chi connectivity index (χ0v) is 10.3. The minimum absolute atomic E-state index is 0.298. The van der Waals surface area contributed by atoms with Crippen molar-refractivity contribution >= 4 is 11.9 Å². The van der Waals surface area contributed by atoms with Crippen molar-refractivity contribution in [3.05, 3.63) is 12.7 Å². The lowest BCUT2D eigenvalue weighted by atomic mass is 10.2. The third-order valence-corrected chi connectivity index (χ3v) is 2.12. The Kier molecular flexibility index (Phi) is 4.10. The fourth-order valence-electron chi connectivity index (χ4n) is 1.45. The van der Waals surface area contributed by atoms with E-state index in [0.717, 1.165) is 18.7 Å². The molecule has 0 aromatic carbocycles. The second-order valence-corrected chi connectivity index (χ2v) is 4.76. The number of nitrogens with zero attached hydrogens (tertiary/aromatic N) is 2. The number of carbonyl (C=O) groups is 1. The first kappa shape index (κ1) is 12.7. The van der Waals surface area contributed by atoms with Crippen LogP contribution in [0.4, 0.5) is 4.79 Å². The Hall–Kier alpha value is -1.32. The van der Waals surface area contributed by atoms with E-state index in [0.29, 0.717) is 13.1 Å². The summed E-state index contributed by atoms with van der Waals surface area (Å²) in [5.41, 5.74) is -0.455. The van der Waals surface area contributed by atoms with Gasteiger partial charge in [-0.2, -0.15) is 0 Å². The van der Waals surface area contributed by atoms with Crippen LogP contribution in [0.2, 0.25) is 0 Å². The molecule has 0 atom stereocenters. The molecule has 0 saturated carbocycles. The molecule has 0 saturated heterocycles. The highest BCUT2D eigenvalue weighted by molar-refractivity contribution is 5.96. The van der Waals surface area contributed by atoms with Crippen molar-refractivity contribution in [3.63, 3.8) is 0 Å². The number of aliphatic imine (C=N–C) groups is 1. The van der Waals surface area contributed by atoms with E-state index >= 15 is 0 Å². The second-order valence-electron chi connectivity index (χ2n) is 4.76. The summed E-state index contributed by atoms with van der Waals surface area (Å²) < 4.78 is 5.31. The number of carbonyl (C=O) groups excluding carboxylic acids is 1. The summed E-state index contributed by atoms with van der Waals surface area (Å²) in [6.07, 6.45) is 3.11. The molecule has 0 radical (unpaired) electrons. The zero-order valence-electron chi connectivity index (χ0n) is 10.3. The first-order valence-corrected chi connectivity index (χ1v) is 5.59. The highest BCUT2D eigenvalue weighted by Crippen LogP contribution is 2.14. The summed E-state index contributed by atoms with van der Waals surface area (Å²) in [5, 5.41) is 0. The number of ether oxygens (including phenoxy) is 1. The average molecular weight is 224 g/mol. The second kappa shape index (κ2) is 5.14. The van der Waals surface area contributed by atoms with Gasteiger partial charge in [-0.1, -0.05) is 6.08 Å². The van der Waals surface area contributed by atoms with Crippen molar-refractivity contribution < 1.29 is 9.53 Å². The lowest BCUT2D eigenvalue weighted by Crippen LogP contribution is -2.38. The van der Waals surface area contributed by atoms with Gasteiger partial charge in [-0.05, 0) is 27.2 Å². The van der Waals surface area contributed by atoms with Crippen LogP contribution in [0.5, 0.6) is 0 Å². The summed E-state index contributed by atoms with van der Waals surface area (Å²) in [5.74, 6) is 0.814. The van der Waals surface area contributed by atoms with Gasteiger partial charge in [0, 0.05) is 6.42 Å². The van der Waals surface area contributed by atoms with Gasteiger partial charge in [-0.3, -0.25) is 9.89 Å². The van der Waals surface area contributed by atoms with Gasteiger partial charge in [-0.15, -0.1) is 6.58 Å². The van der Waals surface area contributed by atoms with E-state index in [9.17, 15) is 4.79 Å². The Labute approximate surface area is 97.0 Å². The number of rotatable bonds is 3. The quantitative estimate of drug-likeness (QED) is 0.691. The predicted molar refractivity (Wildman–Crippen MR) is 64.7 cm³/mol. The number of amidine groups is 1. The van der Waals surface area contributed by atoms with Crippen molar-refractivity contribution in [2.24, 2.45) is 4.99 Å². The standard InChI is InChI=1S/C12H20N2O2/c1-5-6-7-10-13-8-9-14(10)11(15)16-12(2,3)4/h5H,1,6-9H2,2-4H3. The largest absolute Gasteiger partial charge is 0.443 e. The molecule has 0 aromatic heterocycles. The maximum atomic E-state index is 11.8. The maximum Gasteiger partial charge on any atom is 0.415 e. The summed E-state index contributed by atoms with van der Waals surface area (Å²) in [7, 11) is 0. The molecule has 0 spiro atoms. The molecule has 0 bridgehead atoms. The number of amides is 1.